The SMILES string of the molecule is CCOC(=O)C1=C[C@@H](O)[C@H](NC(C)=O)[C@@H](N)C1.Cl. The maximum atomic E-state index is 11.5. The minimum absolute atomic E-state index is 0. The van der Waals surface area contributed by atoms with Gasteiger partial charge in [-0.15, -0.1) is 12.4 Å². The molecule has 0 aromatic carbocycles. The zero-order chi connectivity index (χ0) is 13.0. The highest BCUT2D eigenvalue weighted by Gasteiger charge is 2.32. The van der Waals surface area contributed by atoms with E-state index in [-0.39, 0.29) is 31.3 Å². The molecule has 0 heterocycles. The molecule has 0 aromatic rings. The number of nitrogens with two attached hydrogens (primary N) is 1. The molecule has 0 fully saturated rings. The van der Waals surface area contributed by atoms with Crippen molar-refractivity contribution in [3.63, 3.8) is 0 Å². The van der Waals surface area contributed by atoms with Crippen LogP contribution in [0.4, 0.5) is 0 Å². The van der Waals surface area contributed by atoms with Crippen molar-refractivity contribution in [2.45, 2.75) is 38.5 Å². The van der Waals surface area contributed by atoms with E-state index in [9.17, 15) is 14.7 Å². The van der Waals surface area contributed by atoms with Gasteiger partial charge < -0.3 is 20.9 Å². The highest BCUT2D eigenvalue weighted by atomic mass is 35.5. The molecule has 0 radical (unpaired) electrons. The van der Waals surface area contributed by atoms with Crippen molar-refractivity contribution >= 4 is 24.3 Å². The number of nitrogens with one attached hydrogen (secondary N) is 1. The molecule has 0 bridgehead atoms. The molecule has 0 unspecified atom stereocenters. The zero-order valence-corrected chi connectivity index (χ0v) is 11.2. The Labute approximate surface area is 112 Å². The first-order valence-electron chi connectivity index (χ1n) is 5.54. The van der Waals surface area contributed by atoms with Crippen molar-refractivity contribution in [3.05, 3.63) is 11.6 Å². The predicted molar refractivity (Wildman–Crippen MR) is 68.2 cm³/mol. The number of hydrogen-bond donors (Lipinski definition) is 3. The fourth-order valence-electron chi connectivity index (χ4n) is 1.81. The molecule has 7 heteroatoms. The lowest BCUT2D eigenvalue weighted by Crippen LogP contribution is -2.55. The van der Waals surface area contributed by atoms with Crippen LogP contribution in [0, 0.1) is 0 Å². The van der Waals surface area contributed by atoms with E-state index < -0.39 is 24.2 Å². The van der Waals surface area contributed by atoms with Crippen molar-refractivity contribution in [1.29, 1.82) is 0 Å². The molecule has 1 amide bonds. The summed E-state index contributed by atoms with van der Waals surface area (Å²) in [7, 11) is 0. The highest BCUT2D eigenvalue weighted by Crippen LogP contribution is 2.19. The smallest absolute Gasteiger partial charge is 0.333 e. The molecule has 4 N–H and O–H groups in total. The molecule has 1 rings (SSSR count). The Kier molecular flexibility index (Phi) is 6.90. The Morgan fingerprint density at radius 2 is 2.22 bits per heavy atom. The second-order valence-corrected chi connectivity index (χ2v) is 4.00. The first-order chi connectivity index (χ1) is 7.95. The van der Waals surface area contributed by atoms with Crippen molar-refractivity contribution in [2.75, 3.05) is 6.61 Å². The second kappa shape index (κ2) is 7.35. The third-order valence-corrected chi connectivity index (χ3v) is 2.56. The Bertz CT molecular complexity index is 346. The number of carbonyl (C=O) groups is 2. The highest BCUT2D eigenvalue weighted by molar-refractivity contribution is 5.89. The Morgan fingerprint density at radius 3 is 2.67 bits per heavy atom. The van der Waals surface area contributed by atoms with E-state index in [4.69, 9.17) is 10.5 Å². The molecule has 1 aliphatic rings. The summed E-state index contributed by atoms with van der Waals surface area (Å²) >= 11 is 0. The van der Waals surface area contributed by atoms with E-state index in [1.54, 1.807) is 6.92 Å². The van der Waals surface area contributed by atoms with Crippen LogP contribution in [0.15, 0.2) is 11.6 Å². The molecule has 1 aliphatic carbocycles. The van der Waals surface area contributed by atoms with Gasteiger partial charge in [0.15, 0.2) is 0 Å². The van der Waals surface area contributed by atoms with Gasteiger partial charge in [0.2, 0.25) is 5.91 Å². The lowest BCUT2D eigenvalue weighted by Gasteiger charge is -2.32. The number of carbonyl (C=O) groups excluding carboxylic acids is 2. The molecule has 18 heavy (non-hydrogen) atoms. The Hall–Kier alpha value is -1.11. The van der Waals surface area contributed by atoms with Gasteiger partial charge in [0.05, 0.1) is 18.8 Å². The molecule has 0 aliphatic heterocycles. The monoisotopic (exact) mass is 278 g/mol. The Balaban J connectivity index is 0.00000289. The first-order valence-corrected chi connectivity index (χ1v) is 5.54. The number of halogens is 1. The molecular formula is C11H19ClN2O4. The van der Waals surface area contributed by atoms with Crippen LogP contribution >= 0.6 is 12.4 Å². The van der Waals surface area contributed by atoms with Crippen LogP contribution in [0.25, 0.3) is 0 Å². The van der Waals surface area contributed by atoms with Crippen molar-refractivity contribution in [1.82, 2.24) is 5.32 Å². The normalized spacial score (nSPS) is 26.7. The number of aliphatic hydroxyl groups is 1. The molecule has 0 aromatic heterocycles. The standard InChI is InChI=1S/C11H18N2O4.ClH/c1-3-17-11(16)7-4-8(12)10(9(15)5-7)13-6(2)14;/h5,8-10,15H,3-4,12H2,1-2H3,(H,13,14);1H/t8-,9+,10+;/m0./s1. The summed E-state index contributed by atoms with van der Waals surface area (Å²) in [5, 5.41) is 12.4. The van der Waals surface area contributed by atoms with Crippen LogP contribution in [0.1, 0.15) is 20.3 Å². The van der Waals surface area contributed by atoms with Crippen LogP contribution in [-0.4, -0.2) is 41.8 Å². The minimum Gasteiger partial charge on any atom is -0.463 e. The fraction of sp³-hybridized carbons (Fsp3) is 0.636. The summed E-state index contributed by atoms with van der Waals surface area (Å²) in [5.41, 5.74) is 6.17. The van der Waals surface area contributed by atoms with Gasteiger partial charge in [0.1, 0.15) is 0 Å². The van der Waals surface area contributed by atoms with Gasteiger partial charge in [0.25, 0.3) is 0 Å². The zero-order valence-electron chi connectivity index (χ0n) is 10.4. The quantitative estimate of drug-likeness (QED) is 0.604. The summed E-state index contributed by atoms with van der Waals surface area (Å²) in [4.78, 5) is 22.4. The van der Waals surface area contributed by atoms with E-state index in [2.05, 4.69) is 5.32 Å². The van der Waals surface area contributed by atoms with Gasteiger partial charge in [-0.3, -0.25) is 4.79 Å². The van der Waals surface area contributed by atoms with E-state index in [1.165, 1.54) is 13.0 Å². The minimum atomic E-state index is -0.970. The number of aliphatic hydroxyl groups excluding tert-OH is 1. The first kappa shape index (κ1) is 16.9. The summed E-state index contributed by atoms with van der Waals surface area (Å²) < 4.78 is 4.83. The van der Waals surface area contributed by atoms with Crippen LogP contribution in [0.2, 0.25) is 0 Å². The number of ether oxygens (including phenoxy) is 1. The lowest BCUT2D eigenvalue weighted by atomic mass is 9.88. The molecule has 0 spiro atoms. The van der Waals surface area contributed by atoms with Crippen LogP contribution in [0.5, 0.6) is 0 Å². The van der Waals surface area contributed by atoms with Gasteiger partial charge in [0, 0.05) is 18.5 Å². The second-order valence-electron chi connectivity index (χ2n) is 4.00. The van der Waals surface area contributed by atoms with Gasteiger partial charge in [-0.25, -0.2) is 4.79 Å². The molecule has 0 saturated heterocycles. The average Bonchev–Trinajstić information content (AvgIpc) is 2.23. The largest absolute Gasteiger partial charge is 0.463 e. The molecule has 104 valence electrons. The Morgan fingerprint density at radius 1 is 1.61 bits per heavy atom. The number of rotatable bonds is 3. The average molecular weight is 279 g/mol. The lowest BCUT2D eigenvalue weighted by molar-refractivity contribution is -0.139. The van der Waals surface area contributed by atoms with E-state index in [1.807, 2.05) is 0 Å². The number of esters is 1. The third-order valence-electron chi connectivity index (χ3n) is 2.56. The van der Waals surface area contributed by atoms with Crippen molar-refractivity contribution in [2.24, 2.45) is 5.73 Å². The summed E-state index contributed by atoms with van der Waals surface area (Å²) in [6.45, 7) is 3.33. The topological polar surface area (TPSA) is 102 Å². The van der Waals surface area contributed by atoms with Crippen molar-refractivity contribution in [3.8, 4) is 0 Å². The molecular weight excluding hydrogens is 260 g/mol. The third kappa shape index (κ3) is 4.29. The number of amides is 1. The van der Waals surface area contributed by atoms with E-state index in [0.29, 0.717) is 5.57 Å². The molecule has 0 saturated carbocycles. The maximum absolute atomic E-state index is 11.5. The van der Waals surface area contributed by atoms with Gasteiger partial charge in [-0.2, -0.15) is 0 Å². The molecule has 6 nitrogen and oxygen atoms in total. The van der Waals surface area contributed by atoms with Gasteiger partial charge in [-0.1, -0.05) is 0 Å². The van der Waals surface area contributed by atoms with E-state index in [0.717, 1.165) is 0 Å². The summed E-state index contributed by atoms with van der Waals surface area (Å²) in [6.07, 6.45) is 0.699. The maximum Gasteiger partial charge on any atom is 0.333 e. The van der Waals surface area contributed by atoms with E-state index >= 15 is 0 Å². The van der Waals surface area contributed by atoms with Crippen LogP contribution < -0.4 is 11.1 Å². The molecule has 3 atom stereocenters. The number of hydrogen-bond acceptors (Lipinski definition) is 5. The predicted octanol–water partition coefficient (Wildman–Crippen LogP) is -0.506. The van der Waals surface area contributed by atoms with Crippen LogP contribution in [-0.2, 0) is 14.3 Å². The van der Waals surface area contributed by atoms with Crippen molar-refractivity contribution < 1.29 is 19.4 Å². The van der Waals surface area contributed by atoms with Crippen LogP contribution in [0.3, 0.4) is 0 Å². The van der Waals surface area contributed by atoms with Gasteiger partial charge in [-0.05, 0) is 19.4 Å². The van der Waals surface area contributed by atoms with Gasteiger partial charge >= 0.3 is 5.97 Å². The summed E-state index contributed by atoms with van der Waals surface area (Å²) in [5.74, 6) is -0.735. The summed E-state index contributed by atoms with van der Waals surface area (Å²) in [6, 6.07) is -1.07. The fourth-order valence-corrected chi connectivity index (χ4v) is 1.81.